The molecule has 7 aliphatic rings. The summed E-state index contributed by atoms with van der Waals surface area (Å²) in [7, 11) is 0. The van der Waals surface area contributed by atoms with Gasteiger partial charge in [0.2, 0.25) is 0 Å². The van der Waals surface area contributed by atoms with Crippen LogP contribution in [0, 0.1) is 58.2 Å². The fourth-order valence-corrected chi connectivity index (χ4v) is 11.5. The van der Waals surface area contributed by atoms with Crippen LogP contribution in [0.2, 0.25) is 0 Å². The maximum absolute atomic E-state index is 13.0. The van der Waals surface area contributed by atoms with Crippen LogP contribution in [0.3, 0.4) is 0 Å². The van der Waals surface area contributed by atoms with Crippen LogP contribution in [-0.2, 0) is 9.53 Å². The van der Waals surface area contributed by atoms with Crippen LogP contribution in [0.4, 0.5) is 0 Å². The lowest BCUT2D eigenvalue weighted by Gasteiger charge is -2.58. The van der Waals surface area contributed by atoms with Crippen molar-refractivity contribution in [3.05, 3.63) is 11.6 Å². The molecule has 7 rings (SSSR count). The molecule has 0 aromatic carbocycles. The molecule has 0 spiro atoms. The van der Waals surface area contributed by atoms with Gasteiger partial charge >= 0.3 is 5.97 Å². The summed E-state index contributed by atoms with van der Waals surface area (Å²) in [4.78, 5) is 15.6. The van der Waals surface area contributed by atoms with Crippen LogP contribution < -0.4 is 0 Å². The SMILES string of the molecule is CC(C)CCC[C@@H](C)[C@H]1CC[C@H]2[C@@H]3CC=C4C[C@@H](OC(=O)CC5CN6CCC5CC6)CC[C@]4(C)C3CC[C@]12C. The van der Waals surface area contributed by atoms with Crippen LogP contribution in [0.15, 0.2) is 11.6 Å². The predicted octanol–water partition coefficient (Wildman–Crippen LogP) is 8.67. The number of hydrogen-bond acceptors (Lipinski definition) is 3. The molecule has 39 heavy (non-hydrogen) atoms. The number of carbonyl (C=O) groups is 1. The highest BCUT2D eigenvalue weighted by atomic mass is 16.5. The van der Waals surface area contributed by atoms with Crippen molar-refractivity contribution in [2.75, 3.05) is 19.6 Å². The lowest BCUT2D eigenvalue weighted by atomic mass is 9.47. The number of hydrogen-bond donors (Lipinski definition) is 0. The number of carbonyl (C=O) groups excluding carboxylic acids is 1. The minimum atomic E-state index is 0.0876. The molecule has 220 valence electrons. The molecule has 3 heterocycles. The summed E-state index contributed by atoms with van der Waals surface area (Å²) in [6.45, 7) is 16.2. The summed E-state index contributed by atoms with van der Waals surface area (Å²) in [5.41, 5.74) is 2.54. The fourth-order valence-electron chi connectivity index (χ4n) is 11.5. The van der Waals surface area contributed by atoms with Crippen molar-refractivity contribution < 1.29 is 9.53 Å². The summed E-state index contributed by atoms with van der Waals surface area (Å²) in [5, 5.41) is 0. The van der Waals surface area contributed by atoms with Crippen LogP contribution in [-0.4, -0.2) is 36.6 Å². The summed E-state index contributed by atoms with van der Waals surface area (Å²) >= 11 is 0. The third-order valence-corrected chi connectivity index (χ3v) is 13.8. The molecule has 4 aliphatic carbocycles. The zero-order chi connectivity index (χ0) is 27.4. The van der Waals surface area contributed by atoms with E-state index in [9.17, 15) is 4.79 Å². The molecule has 2 bridgehead atoms. The maximum atomic E-state index is 13.0. The summed E-state index contributed by atoms with van der Waals surface area (Å²) in [5.74, 6) is 6.66. The molecule has 3 aliphatic heterocycles. The van der Waals surface area contributed by atoms with Crippen molar-refractivity contribution in [1.29, 1.82) is 0 Å². The number of esters is 1. The van der Waals surface area contributed by atoms with Crippen molar-refractivity contribution in [2.45, 2.75) is 131 Å². The molecular formula is C36H59NO2. The number of allylic oxidation sites excluding steroid dienone is 1. The highest BCUT2D eigenvalue weighted by molar-refractivity contribution is 5.70. The monoisotopic (exact) mass is 537 g/mol. The lowest BCUT2D eigenvalue weighted by Crippen LogP contribution is -2.51. The van der Waals surface area contributed by atoms with Gasteiger partial charge in [-0.15, -0.1) is 0 Å². The topological polar surface area (TPSA) is 29.5 Å². The molecular weight excluding hydrogens is 478 g/mol. The van der Waals surface area contributed by atoms with Gasteiger partial charge in [-0.1, -0.05) is 65.5 Å². The Labute approximate surface area is 240 Å². The number of piperidine rings is 3. The average Bonchev–Trinajstić information content (AvgIpc) is 3.26. The van der Waals surface area contributed by atoms with Crippen molar-refractivity contribution in [2.24, 2.45) is 58.2 Å². The Kier molecular flexibility index (Phi) is 8.06. The van der Waals surface area contributed by atoms with Crippen LogP contribution in [0.1, 0.15) is 125 Å². The Morgan fingerprint density at radius 1 is 1.00 bits per heavy atom. The first-order chi connectivity index (χ1) is 18.7. The van der Waals surface area contributed by atoms with Crippen LogP contribution >= 0.6 is 0 Å². The van der Waals surface area contributed by atoms with E-state index in [4.69, 9.17) is 4.74 Å². The van der Waals surface area contributed by atoms with Crippen LogP contribution in [0.5, 0.6) is 0 Å². The molecule has 3 saturated heterocycles. The molecule has 0 N–H and O–H groups in total. The van der Waals surface area contributed by atoms with Crippen molar-refractivity contribution in [3.8, 4) is 0 Å². The molecule has 6 fully saturated rings. The molecule has 0 aromatic heterocycles. The number of rotatable bonds is 8. The molecule has 0 amide bonds. The first-order valence-corrected chi connectivity index (χ1v) is 17.3. The minimum Gasteiger partial charge on any atom is -0.462 e. The van der Waals surface area contributed by atoms with Crippen molar-refractivity contribution in [1.82, 2.24) is 4.90 Å². The average molecular weight is 538 g/mol. The Balaban J connectivity index is 1.07. The predicted molar refractivity (Wildman–Crippen MR) is 160 cm³/mol. The van der Waals surface area contributed by atoms with E-state index in [2.05, 4.69) is 45.6 Å². The third-order valence-electron chi connectivity index (χ3n) is 13.8. The normalized spacial score (nSPS) is 45.7. The molecule has 3 saturated carbocycles. The third kappa shape index (κ3) is 5.30. The van der Waals surface area contributed by atoms with Gasteiger partial charge in [-0.2, -0.15) is 0 Å². The number of ether oxygens (including phenoxy) is 1. The van der Waals surface area contributed by atoms with Gasteiger partial charge in [-0.3, -0.25) is 4.79 Å². The first-order valence-electron chi connectivity index (χ1n) is 17.3. The summed E-state index contributed by atoms with van der Waals surface area (Å²) in [6, 6.07) is 0. The Hall–Kier alpha value is -0.830. The van der Waals surface area contributed by atoms with E-state index in [1.54, 1.807) is 5.57 Å². The largest absolute Gasteiger partial charge is 0.462 e. The van der Waals surface area contributed by atoms with Gasteiger partial charge in [-0.05, 0) is 129 Å². The molecule has 0 aromatic rings. The van der Waals surface area contributed by atoms with Crippen LogP contribution in [0.25, 0.3) is 0 Å². The Morgan fingerprint density at radius 2 is 1.79 bits per heavy atom. The van der Waals surface area contributed by atoms with Gasteiger partial charge < -0.3 is 9.64 Å². The van der Waals surface area contributed by atoms with Gasteiger partial charge in [-0.25, -0.2) is 0 Å². The van der Waals surface area contributed by atoms with E-state index in [-0.39, 0.29) is 12.1 Å². The van der Waals surface area contributed by atoms with E-state index in [0.29, 0.717) is 23.2 Å². The quantitative estimate of drug-likeness (QED) is 0.229. The number of nitrogens with zero attached hydrogens (tertiary/aromatic N) is 1. The van der Waals surface area contributed by atoms with E-state index < -0.39 is 0 Å². The molecule has 3 nitrogen and oxygen atoms in total. The number of fused-ring (bicyclic) bond motifs is 8. The maximum Gasteiger partial charge on any atom is 0.306 e. The first kappa shape index (κ1) is 28.3. The van der Waals surface area contributed by atoms with Crippen molar-refractivity contribution in [3.63, 3.8) is 0 Å². The van der Waals surface area contributed by atoms with Gasteiger partial charge in [0.05, 0.1) is 0 Å². The Morgan fingerprint density at radius 3 is 2.51 bits per heavy atom. The zero-order valence-electron chi connectivity index (χ0n) is 26.1. The second-order valence-corrected chi connectivity index (χ2v) is 16.2. The zero-order valence-corrected chi connectivity index (χ0v) is 26.1. The fraction of sp³-hybridized carbons (Fsp3) is 0.917. The molecule has 0 radical (unpaired) electrons. The second-order valence-electron chi connectivity index (χ2n) is 16.2. The van der Waals surface area contributed by atoms with Gasteiger partial charge in [0.25, 0.3) is 0 Å². The molecule has 9 atom stereocenters. The van der Waals surface area contributed by atoms with Crippen molar-refractivity contribution >= 4 is 5.97 Å². The van der Waals surface area contributed by atoms with Gasteiger partial charge in [0.1, 0.15) is 6.10 Å². The highest BCUT2D eigenvalue weighted by Crippen LogP contribution is 2.67. The smallest absolute Gasteiger partial charge is 0.306 e. The van der Waals surface area contributed by atoms with Gasteiger partial charge in [0, 0.05) is 19.4 Å². The molecule has 2 unspecified atom stereocenters. The van der Waals surface area contributed by atoms with Gasteiger partial charge in [0.15, 0.2) is 0 Å². The van der Waals surface area contributed by atoms with E-state index in [1.807, 2.05) is 0 Å². The summed E-state index contributed by atoms with van der Waals surface area (Å²) < 4.78 is 6.21. The standard InChI is InChI=1S/C36H59NO2/c1-24(2)7-6-8-25(3)31-11-12-32-30-10-9-28-22-29(13-17-35(28,4)33(30)14-18-36(31,32)5)39-34(38)21-27-23-37-19-15-26(27)16-20-37/h9,24-27,29-33H,6-8,10-23H2,1-5H3/t25-,27?,29+,30+,31-,32+,33?,35+,36-/m1/s1. The highest BCUT2D eigenvalue weighted by Gasteiger charge is 2.59. The lowest BCUT2D eigenvalue weighted by molar-refractivity contribution is -0.154. The molecule has 3 heteroatoms. The summed E-state index contributed by atoms with van der Waals surface area (Å²) in [6.07, 6.45) is 20.6. The minimum absolute atomic E-state index is 0.0876. The van der Waals surface area contributed by atoms with E-state index >= 15 is 0 Å². The second kappa shape index (κ2) is 11.1. The van der Waals surface area contributed by atoms with E-state index in [0.717, 1.165) is 60.8 Å². The Bertz CT molecular complexity index is 917. The van der Waals surface area contributed by atoms with E-state index in [1.165, 1.54) is 83.7 Å².